The molecule has 2 aliphatic rings. The van der Waals surface area contributed by atoms with Crippen molar-refractivity contribution in [2.45, 2.75) is 44.2 Å². The van der Waals surface area contributed by atoms with E-state index in [-0.39, 0.29) is 12.5 Å². The Hall–Kier alpha value is -1.14. The van der Waals surface area contributed by atoms with Crippen molar-refractivity contribution in [3.63, 3.8) is 0 Å². The van der Waals surface area contributed by atoms with Crippen LogP contribution in [-0.4, -0.2) is 47.3 Å². The van der Waals surface area contributed by atoms with Crippen LogP contribution in [0, 0.1) is 5.41 Å². The lowest BCUT2D eigenvalue weighted by molar-refractivity contribution is -0.148. The summed E-state index contributed by atoms with van der Waals surface area (Å²) in [6.45, 7) is 0.609. The third kappa shape index (κ3) is 2.64. The van der Waals surface area contributed by atoms with E-state index in [1.54, 1.807) is 0 Å². The molecule has 4 N–H and O–H groups in total. The lowest BCUT2D eigenvalue weighted by Gasteiger charge is -2.24. The van der Waals surface area contributed by atoms with Gasteiger partial charge in [0, 0.05) is 13.1 Å². The van der Waals surface area contributed by atoms with Gasteiger partial charge in [-0.25, -0.2) is 0 Å². The van der Waals surface area contributed by atoms with E-state index in [1.807, 2.05) is 0 Å². The fraction of sp³-hybridized carbons (Fsp3) is 0.833. The molecule has 1 aliphatic carbocycles. The van der Waals surface area contributed by atoms with Gasteiger partial charge in [-0.15, -0.1) is 0 Å². The molecule has 0 bridgehead atoms. The van der Waals surface area contributed by atoms with Gasteiger partial charge >= 0.3 is 5.97 Å². The van der Waals surface area contributed by atoms with E-state index in [9.17, 15) is 19.8 Å². The fourth-order valence-corrected chi connectivity index (χ4v) is 2.81. The van der Waals surface area contributed by atoms with Crippen molar-refractivity contribution in [1.82, 2.24) is 10.6 Å². The molecule has 0 aromatic heterocycles. The molecule has 102 valence electrons. The van der Waals surface area contributed by atoms with Gasteiger partial charge < -0.3 is 20.8 Å². The quantitative estimate of drug-likeness (QED) is 0.542. The summed E-state index contributed by atoms with van der Waals surface area (Å²) in [6, 6.07) is -0.396. The van der Waals surface area contributed by atoms with Gasteiger partial charge in [0.15, 0.2) is 0 Å². The van der Waals surface area contributed by atoms with E-state index in [1.165, 1.54) is 0 Å². The molecule has 2 fully saturated rings. The summed E-state index contributed by atoms with van der Waals surface area (Å²) in [5.74, 6) is -1.03. The minimum atomic E-state index is -0.820. The van der Waals surface area contributed by atoms with Crippen molar-refractivity contribution in [2.75, 3.05) is 13.1 Å². The van der Waals surface area contributed by atoms with Crippen LogP contribution in [0.2, 0.25) is 0 Å². The number of nitrogens with one attached hydrogen (secondary N) is 2. The molecule has 6 heteroatoms. The Labute approximate surface area is 106 Å². The Morgan fingerprint density at radius 3 is 2.50 bits per heavy atom. The first-order chi connectivity index (χ1) is 8.53. The highest BCUT2D eigenvalue weighted by Crippen LogP contribution is 2.37. The minimum absolute atomic E-state index is 0.190. The molecule has 2 rings (SSSR count). The van der Waals surface area contributed by atoms with Gasteiger partial charge in [0.05, 0.1) is 17.6 Å². The first kappa shape index (κ1) is 13.3. The van der Waals surface area contributed by atoms with Crippen molar-refractivity contribution in [2.24, 2.45) is 5.41 Å². The third-order valence-corrected chi connectivity index (χ3v) is 4.04. The average Bonchev–Trinajstić information content (AvgIpc) is 2.95. The molecular weight excluding hydrogens is 236 g/mol. The topological polar surface area (TPSA) is 98.7 Å². The zero-order valence-corrected chi connectivity index (χ0v) is 10.3. The first-order valence-electron chi connectivity index (χ1n) is 6.46. The highest BCUT2D eigenvalue weighted by molar-refractivity contribution is 5.83. The van der Waals surface area contributed by atoms with Crippen molar-refractivity contribution in [1.29, 1.82) is 0 Å². The molecule has 2 atom stereocenters. The third-order valence-electron chi connectivity index (χ3n) is 4.04. The van der Waals surface area contributed by atoms with Gasteiger partial charge in [-0.3, -0.25) is 9.59 Å². The predicted octanol–water partition coefficient (Wildman–Crippen LogP) is -0.530. The average molecular weight is 256 g/mol. The first-order valence-corrected chi connectivity index (χ1v) is 6.46. The summed E-state index contributed by atoms with van der Waals surface area (Å²) in [4.78, 5) is 23.1. The Bertz CT molecular complexity index is 339. The molecule has 18 heavy (non-hydrogen) atoms. The molecule has 1 saturated carbocycles. The monoisotopic (exact) mass is 256 g/mol. The maximum absolute atomic E-state index is 11.8. The number of aliphatic carboxylic acids is 1. The highest BCUT2D eigenvalue weighted by Gasteiger charge is 2.42. The van der Waals surface area contributed by atoms with Crippen LogP contribution in [0.15, 0.2) is 0 Å². The summed E-state index contributed by atoms with van der Waals surface area (Å²) in [6.07, 6.45) is 2.98. The maximum atomic E-state index is 11.8. The fourth-order valence-electron chi connectivity index (χ4n) is 2.81. The zero-order chi connectivity index (χ0) is 13.2. The second kappa shape index (κ2) is 5.24. The molecule has 1 amide bonds. The number of β-amino-alcohol motifs (C(OH)–C–C–N with tert-alkyl or cyclic N) is 1. The number of hydrogen-bond acceptors (Lipinski definition) is 4. The number of carboxylic acids is 1. The number of aliphatic hydroxyl groups excluding tert-OH is 1. The van der Waals surface area contributed by atoms with E-state index < -0.39 is 23.5 Å². The van der Waals surface area contributed by atoms with Crippen molar-refractivity contribution in [3.05, 3.63) is 0 Å². The second-order valence-corrected chi connectivity index (χ2v) is 5.36. The Morgan fingerprint density at radius 1 is 1.33 bits per heavy atom. The van der Waals surface area contributed by atoms with Crippen molar-refractivity contribution in [3.8, 4) is 0 Å². The number of amides is 1. The van der Waals surface area contributed by atoms with Gasteiger partial charge in [0.1, 0.15) is 0 Å². The zero-order valence-electron chi connectivity index (χ0n) is 10.3. The van der Waals surface area contributed by atoms with Gasteiger partial charge in [0.25, 0.3) is 0 Å². The van der Waals surface area contributed by atoms with Crippen LogP contribution in [0.4, 0.5) is 0 Å². The van der Waals surface area contributed by atoms with Gasteiger partial charge in [-0.2, -0.15) is 0 Å². The largest absolute Gasteiger partial charge is 0.481 e. The Morgan fingerprint density at radius 2 is 2.00 bits per heavy atom. The number of aliphatic hydroxyl groups is 1. The SMILES string of the molecule is O=C(NCC1(C(=O)O)CCCC1)C1CC(O)CN1. The molecule has 1 heterocycles. The lowest BCUT2D eigenvalue weighted by atomic mass is 9.86. The molecule has 0 aromatic rings. The van der Waals surface area contributed by atoms with E-state index in [0.29, 0.717) is 25.8 Å². The van der Waals surface area contributed by atoms with Gasteiger partial charge in [-0.1, -0.05) is 12.8 Å². The van der Waals surface area contributed by atoms with Gasteiger partial charge in [-0.05, 0) is 19.3 Å². The molecule has 2 unspecified atom stereocenters. The normalized spacial score (nSPS) is 30.3. The molecule has 0 aromatic carbocycles. The van der Waals surface area contributed by atoms with E-state index in [0.717, 1.165) is 12.8 Å². The predicted molar refractivity (Wildman–Crippen MR) is 64.0 cm³/mol. The second-order valence-electron chi connectivity index (χ2n) is 5.36. The van der Waals surface area contributed by atoms with Crippen LogP contribution in [0.3, 0.4) is 0 Å². The summed E-state index contributed by atoms with van der Waals surface area (Å²) >= 11 is 0. The molecule has 1 aliphatic heterocycles. The number of carbonyl (C=O) groups excluding carboxylic acids is 1. The van der Waals surface area contributed by atoms with Crippen molar-refractivity contribution < 1.29 is 19.8 Å². The maximum Gasteiger partial charge on any atom is 0.311 e. The lowest BCUT2D eigenvalue weighted by Crippen LogP contribution is -2.47. The molecule has 0 spiro atoms. The standard InChI is InChI=1S/C12H20N2O4/c15-8-5-9(13-6-8)10(16)14-7-12(11(17)18)3-1-2-4-12/h8-9,13,15H,1-7H2,(H,14,16)(H,17,18). The van der Waals surface area contributed by atoms with Crippen molar-refractivity contribution >= 4 is 11.9 Å². The number of hydrogen-bond donors (Lipinski definition) is 4. The van der Waals surface area contributed by atoms with E-state index in [2.05, 4.69) is 10.6 Å². The molecular formula is C12H20N2O4. The highest BCUT2D eigenvalue weighted by atomic mass is 16.4. The summed E-state index contributed by atoms with van der Waals surface area (Å²) in [5, 5.41) is 24.2. The number of carbonyl (C=O) groups is 2. The van der Waals surface area contributed by atoms with E-state index in [4.69, 9.17) is 0 Å². The van der Waals surface area contributed by atoms with Crippen LogP contribution in [-0.2, 0) is 9.59 Å². The van der Waals surface area contributed by atoms with E-state index >= 15 is 0 Å². The van der Waals surface area contributed by atoms with Gasteiger partial charge in [0.2, 0.25) is 5.91 Å². The van der Waals surface area contributed by atoms with Crippen LogP contribution >= 0.6 is 0 Å². The molecule has 1 saturated heterocycles. The van der Waals surface area contributed by atoms with Crippen LogP contribution in [0.25, 0.3) is 0 Å². The number of carboxylic acid groups (broad SMARTS) is 1. The summed E-state index contributed by atoms with van der Waals surface area (Å²) < 4.78 is 0. The molecule has 6 nitrogen and oxygen atoms in total. The van der Waals surface area contributed by atoms with Crippen LogP contribution < -0.4 is 10.6 Å². The van der Waals surface area contributed by atoms with Crippen LogP contribution in [0.1, 0.15) is 32.1 Å². The number of rotatable bonds is 4. The smallest absolute Gasteiger partial charge is 0.311 e. The summed E-state index contributed by atoms with van der Waals surface area (Å²) in [7, 11) is 0. The Balaban J connectivity index is 1.86. The minimum Gasteiger partial charge on any atom is -0.481 e. The summed E-state index contributed by atoms with van der Waals surface area (Å²) in [5.41, 5.74) is -0.785. The molecule has 0 radical (unpaired) electrons. The Kier molecular flexibility index (Phi) is 3.87. The van der Waals surface area contributed by atoms with Crippen LogP contribution in [0.5, 0.6) is 0 Å².